The predicted octanol–water partition coefficient (Wildman–Crippen LogP) is 2.55. The van der Waals surface area contributed by atoms with Crippen molar-refractivity contribution in [3.05, 3.63) is 36.7 Å². The molecule has 0 spiro atoms. The van der Waals surface area contributed by atoms with Gasteiger partial charge in [-0.05, 0) is 38.7 Å². The number of benzene rings is 1. The van der Waals surface area contributed by atoms with Gasteiger partial charge in [-0.3, -0.25) is 4.40 Å². The molecule has 1 aliphatic heterocycles. The number of methoxy groups -OCH3 is 2. The zero-order chi connectivity index (χ0) is 19.0. The Balaban J connectivity index is 1.77. The third-order valence-corrected chi connectivity index (χ3v) is 5.23. The molecule has 1 aromatic carbocycles. The van der Waals surface area contributed by atoms with Crippen molar-refractivity contribution in [2.24, 2.45) is 0 Å². The molecule has 0 amide bonds. The Bertz CT molecular complexity index is 953. The van der Waals surface area contributed by atoms with E-state index in [1.165, 1.54) is 0 Å². The highest BCUT2D eigenvalue weighted by Gasteiger charge is 2.27. The van der Waals surface area contributed by atoms with Crippen molar-refractivity contribution < 1.29 is 9.47 Å². The van der Waals surface area contributed by atoms with Gasteiger partial charge >= 0.3 is 0 Å². The van der Waals surface area contributed by atoms with Crippen LogP contribution in [-0.4, -0.2) is 66.7 Å². The first-order chi connectivity index (χ1) is 13.1. The zero-order valence-electron chi connectivity index (χ0n) is 16.2. The van der Waals surface area contributed by atoms with Crippen molar-refractivity contribution >= 4 is 11.6 Å². The minimum atomic E-state index is 0.537. The second kappa shape index (κ2) is 7.08. The maximum atomic E-state index is 5.45. The summed E-state index contributed by atoms with van der Waals surface area (Å²) in [4.78, 5) is 14.1. The number of fused-ring (bicyclic) bond motifs is 1. The van der Waals surface area contributed by atoms with E-state index in [0.717, 1.165) is 42.4 Å². The van der Waals surface area contributed by atoms with Crippen molar-refractivity contribution in [2.45, 2.75) is 12.5 Å². The van der Waals surface area contributed by atoms with Crippen LogP contribution in [0, 0.1) is 0 Å². The molecular formula is C20H25N5O2. The van der Waals surface area contributed by atoms with E-state index in [1.54, 1.807) is 14.2 Å². The number of nitrogens with zero attached hydrogens (tertiary/aromatic N) is 5. The second-order valence-corrected chi connectivity index (χ2v) is 7.02. The SMILES string of the molecule is COc1ccc(-c2cc3nccn3c(N3CC[C@H](N(C)C)C3)n2)cc1OC. The topological polar surface area (TPSA) is 55.1 Å². The van der Waals surface area contributed by atoms with Crippen LogP contribution in [0.5, 0.6) is 11.5 Å². The molecular weight excluding hydrogens is 342 g/mol. The average molecular weight is 367 g/mol. The first kappa shape index (κ1) is 17.6. The lowest BCUT2D eigenvalue weighted by Gasteiger charge is -2.22. The molecule has 1 atom stereocenters. The summed E-state index contributed by atoms with van der Waals surface area (Å²) >= 11 is 0. The fourth-order valence-corrected chi connectivity index (χ4v) is 3.62. The maximum Gasteiger partial charge on any atom is 0.211 e. The molecule has 0 unspecified atom stereocenters. The lowest BCUT2D eigenvalue weighted by Crippen LogP contribution is -2.32. The Morgan fingerprint density at radius 3 is 2.63 bits per heavy atom. The normalized spacial score (nSPS) is 17.1. The number of likely N-dealkylation sites (N-methyl/N-ethyl adjacent to an activating group) is 1. The van der Waals surface area contributed by atoms with Crippen molar-refractivity contribution in [1.82, 2.24) is 19.3 Å². The third kappa shape index (κ3) is 3.19. The molecule has 1 saturated heterocycles. The van der Waals surface area contributed by atoms with Crippen molar-refractivity contribution in [3.63, 3.8) is 0 Å². The summed E-state index contributed by atoms with van der Waals surface area (Å²) < 4.78 is 12.9. The van der Waals surface area contributed by atoms with E-state index in [0.29, 0.717) is 17.5 Å². The van der Waals surface area contributed by atoms with Crippen LogP contribution in [0.4, 0.5) is 5.95 Å². The van der Waals surface area contributed by atoms with E-state index in [2.05, 4.69) is 33.3 Å². The zero-order valence-corrected chi connectivity index (χ0v) is 16.2. The van der Waals surface area contributed by atoms with Gasteiger partial charge in [0.05, 0.1) is 19.9 Å². The number of hydrogen-bond donors (Lipinski definition) is 0. The molecule has 7 nitrogen and oxygen atoms in total. The first-order valence-electron chi connectivity index (χ1n) is 9.08. The molecule has 4 rings (SSSR count). The summed E-state index contributed by atoms with van der Waals surface area (Å²) in [5.74, 6) is 2.33. The quantitative estimate of drug-likeness (QED) is 0.691. The molecule has 7 heteroatoms. The fraction of sp³-hybridized carbons (Fsp3) is 0.400. The molecule has 0 saturated carbocycles. The third-order valence-electron chi connectivity index (χ3n) is 5.23. The van der Waals surface area contributed by atoms with Gasteiger partial charge in [0.1, 0.15) is 5.65 Å². The van der Waals surface area contributed by atoms with Gasteiger partial charge in [0.15, 0.2) is 11.5 Å². The fourth-order valence-electron chi connectivity index (χ4n) is 3.62. The van der Waals surface area contributed by atoms with E-state index >= 15 is 0 Å². The van der Waals surface area contributed by atoms with Crippen LogP contribution in [0.25, 0.3) is 16.9 Å². The molecule has 3 aromatic rings. The standard InChI is InChI=1S/C20H25N5O2/c1-23(2)15-7-9-24(13-15)20-22-16(12-19-21-8-10-25(19)20)14-5-6-17(26-3)18(11-14)27-4/h5-6,8,10-12,15H,7,9,13H2,1-4H3/t15-/m0/s1. The minimum absolute atomic E-state index is 0.537. The average Bonchev–Trinajstić information content (AvgIpc) is 3.36. The maximum absolute atomic E-state index is 5.45. The summed E-state index contributed by atoms with van der Waals surface area (Å²) in [6.45, 7) is 1.95. The molecule has 1 fully saturated rings. The van der Waals surface area contributed by atoms with Gasteiger partial charge in [-0.1, -0.05) is 0 Å². The molecule has 1 aliphatic rings. The molecule has 0 aliphatic carbocycles. The van der Waals surface area contributed by atoms with Gasteiger partial charge in [-0.2, -0.15) is 0 Å². The first-order valence-corrected chi connectivity index (χ1v) is 9.08. The number of ether oxygens (including phenoxy) is 2. The van der Waals surface area contributed by atoms with E-state index in [9.17, 15) is 0 Å². The molecule has 2 aromatic heterocycles. The number of rotatable bonds is 5. The predicted molar refractivity (Wildman–Crippen MR) is 106 cm³/mol. The Morgan fingerprint density at radius 1 is 1.11 bits per heavy atom. The molecule has 142 valence electrons. The van der Waals surface area contributed by atoms with Gasteiger partial charge in [-0.25, -0.2) is 9.97 Å². The van der Waals surface area contributed by atoms with E-state index < -0.39 is 0 Å². The van der Waals surface area contributed by atoms with E-state index in [1.807, 2.05) is 36.7 Å². The van der Waals surface area contributed by atoms with Crippen molar-refractivity contribution in [2.75, 3.05) is 46.3 Å². The summed E-state index contributed by atoms with van der Waals surface area (Å²) in [5.41, 5.74) is 2.74. The van der Waals surface area contributed by atoms with Crippen LogP contribution in [0.2, 0.25) is 0 Å². The highest BCUT2D eigenvalue weighted by molar-refractivity contribution is 5.69. The van der Waals surface area contributed by atoms with Gasteiger partial charge < -0.3 is 19.3 Å². The van der Waals surface area contributed by atoms with E-state index in [-0.39, 0.29) is 0 Å². The van der Waals surface area contributed by atoms with Crippen molar-refractivity contribution in [3.8, 4) is 22.8 Å². The minimum Gasteiger partial charge on any atom is -0.493 e. The second-order valence-electron chi connectivity index (χ2n) is 7.02. The largest absolute Gasteiger partial charge is 0.493 e. The summed E-state index contributed by atoms with van der Waals surface area (Å²) in [6.07, 6.45) is 4.92. The lowest BCUT2D eigenvalue weighted by molar-refractivity contribution is 0.315. The van der Waals surface area contributed by atoms with Crippen LogP contribution in [0.3, 0.4) is 0 Å². The van der Waals surface area contributed by atoms with Gasteiger partial charge in [-0.15, -0.1) is 0 Å². The smallest absolute Gasteiger partial charge is 0.211 e. The lowest BCUT2D eigenvalue weighted by atomic mass is 10.1. The Kier molecular flexibility index (Phi) is 4.61. The van der Waals surface area contributed by atoms with Crippen LogP contribution in [0.15, 0.2) is 36.7 Å². The van der Waals surface area contributed by atoms with Gasteiger partial charge in [0.2, 0.25) is 5.95 Å². The van der Waals surface area contributed by atoms with Gasteiger partial charge in [0, 0.05) is 43.2 Å². The van der Waals surface area contributed by atoms with E-state index in [4.69, 9.17) is 14.5 Å². The van der Waals surface area contributed by atoms with Crippen LogP contribution >= 0.6 is 0 Å². The summed E-state index contributed by atoms with van der Waals surface area (Å²) in [7, 11) is 7.55. The summed E-state index contributed by atoms with van der Waals surface area (Å²) in [6, 6.07) is 8.40. The number of aromatic nitrogens is 3. The number of hydrogen-bond acceptors (Lipinski definition) is 6. The molecule has 0 radical (unpaired) electrons. The number of imidazole rings is 1. The monoisotopic (exact) mass is 367 g/mol. The molecule has 0 N–H and O–H groups in total. The molecule has 0 bridgehead atoms. The van der Waals surface area contributed by atoms with Crippen LogP contribution < -0.4 is 14.4 Å². The highest BCUT2D eigenvalue weighted by Crippen LogP contribution is 2.33. The Morgan fingerprint density at radius 2 is 1.93 bits per heavy atom. The molecule has 3 heterocycles. The summed E-state index contributed by atoms with van der Waals surface area (Å²) in [5, 5.41) is 0. The van der Waals surface area contributed by atoms with Gasteiger partial charge in [0.25, 0.3) is 0 Å². The Hall–Kier alpha value is -2.80. The number of anilines is 1. The van der Waals surface area contributed by atoms with Crippen molar-refractivity contribution in [1.29, 1.82) is 0 Å². The Labute approximate surface area is 159 Å². The highest BCUT2D eigenvalue weighted by atomic mass is 16.5. The van der Waals surface area contributed by atoms with Crippen LogP contribution in [-0.2, 0) is 0 Å². The van der Waals surface area contributed by atoms with Crippen LogP contribution in [0.1, 0.15) is 6.42 Å². The molecule has 27 heavy (non-hydrogen) atoms.